The Morgan fingerprint density at radius 1 is 1.40 bits per heavy atom. The first-order valence-electron chi connectivity index (χ1n) is 6.04. The van der Waals surface area contributed by atoms with Crippen molar-refractivity contribution in [2.75, 3.05) is 6.54 Å². The van der Waals surface area contributed by atoms with Gasteiger partial charge < -0.3 is 22.0 Å². The molecule has 0 saturated carbocycles. The zero-order valence-corrected chi connectivity index (χ0v) is 11.5. The highest BCUT2D eigenvalue weighted by Gasteiger charge is 2.24. The lowest BCUT2D eigenvalue weighted by Gasteiger charge is -2.20. The predicted molar refractivity (Wildman–Crippen MR) is 73.6 cm³/mol. The summed E-state index contributed by atoms with van der Waals surface area (Å²) in [4.78, 5) is 11.2. The molecule has 0 aliphatic rings. The molecule has 20 heavy (non-hydrogen) atoms. The van der Waals surface area contributed by atoms with E-state index >= 15 is 0 Å². The Morgan fingerprint density at radius 2 is 2.05 bits per heavy atom. The van der Waals surface area contributed by atoms with Crippen molar-refractivity contribution >= 4 is 11.7 Å². The SMILES string of the molecule is CC(C)(CNCc1cc(F)cc(/C(N)=N/O)c1)C(N)=O. The van der Waals surface area contributed by atoms with Gasteiger partial charge in [-0.3, -0.25) is 4.79 Å². The number of carbonyl (C=O) groups is 1. The molecule has 0 aliphatic heterocycles. The van der Waals surface area contributed by atoms with Crippen molar-refractivity contribution in [1.29, 1.82) is 0 Å². The van der Waals surface area contributed by atoms with Gasteiger partial charge in [-0.05, 0) is 37.6 Å². The molecule has 0 heterocycles. The summed E-state index contributed by atoms with van der Waals surface area (Å²) in [5.74, 6) is -1.06. The second kappa shape index (κ2) is 6.33. The van der Waals surface area contributed by atoms with E-state index < -0.39 is 17.1 Å². The molecule has 6 nitrogen and oxygen atoms in total. The van der Waals surface area contributed by atoms with E-state index in [4.69, 9.17) is 16.7 Å². The second-order valence-corrected chi connectivity index (χ2v) is 5.19. The van der Waals surface area contributed by atoms with Gasteiger partial charge in [-0.25, -0.2) is 4.39 Å². The first-order valence-corrected chi connectivity index (χ1v) is 6.04. The molecule has 110 valence electrons. The molecule has 1 aromatic rings. The van der Waals surface area contributed by atoms with Crippen LogP contribution < -0.4 is 16.8 Å². The van der Waals surface area contributed by atoms with Gasteiger partial charge in [0.1, 0.15) is 5.82 Å². The summed E-state index contributed by atoms with van der Waals surface area (Å²) >= 11 is 0. The first kappa shape index (κ1) is 15.9. The van der Waals surface area contributed by atoms with E-state index in [2.05, 4.69) is 10.5 Å². The van der Waals surface area contributed by atoms with E-state index in [1.165, 1.54) is 12.1 Å². The summed E-state index contributed by atoms with van der Waals surface area (Å²) in [6, 6.07) is 4.10. The van der Waals surface area contributed by atoms with Crippen molar-refractivity contribution in [3.63, 3.8) is 0 Å². The predicted octanol–water partition coefficient (Wildman–Crippen LogP) is 0.521. The summed E-state index contributed by atoms with van der Waals surface area (Å²) in [7, 11) is 0. The Kier molecular flexibility index (Phi) is 5.04. The van der Waals surface area contributed by atoms with Gasteiger partial charge in [0, 0.05) is 18.7 Å². The van der Waals surface area contributed by atoms with Gasteiger partial charge in [-0.1, -0.05) is 5.16 Å². The summed E-state index contributed by atoms with van der Waals surface area (Å²) < 4.78 is 13.4. The average molecular weight is 282 g/mol. The quantitative estimate of drug-likeness (QED) is 0.263. The van der Waals surface area contributed by atoms with Crippen molar-refractivity contribution in [3.8, 4) is 0 Å². The highest BCUT2D eigenvalue weighted by molar-refractivity contribution is 5.97. The van der Waals surface area contributed by atoms with Gasteiger partial charge in [-0.15, -0.1) is 0 Å². The van der Waals surface area contributed by atoms with Gasteiger partial charge in [-0.2, -0.15) is 0 Å². The molecule has 1 aromatic carbocycles. The smallest absolute Gasteiger partial charge is 0.224 e. The number of halogens is 1. The monoisotopic (exact) mass is 282 g/mol. The van der Waals surface area contributed by atoms with Crippen LogP contribution in [0.5, 0.6) is 0 Å². The number of hydrogen-bond donors (Lipinski definition) is 4. The fourth-order valence-electron chi connectivity index (χ4n) is 1.56. The van der Waals surface area contributed by atoms with Crippen molar-refractivity contribution in [3.05, 3.63) is 35.1 Å². The molecule has 7 heteroatoms. The number of hydrogen-bond acceptors (Lipinski definition) is 4. The van der Waals surface area contributed by atoms with Crippen molar-refractivity contribution < 1.29 is 14.4 Å². The van der Waals surface area contributed by atoms with Crippen LogP contribution >= 0.6 is 0 Å². The minimum absolute atomic E-state index is 0.164. The lowest BCUT2D eigenvalue weighted by atomic mass is 9.93. The normalized spacial score (nSPS) is 12.4. The molecule has 0 atom stereocenters. The fourth-order valence-corrected chi connectivity index (χ4v) is 1.56. The molecular weight excluding hydrogens is 263 g/mol. The van der Waals surface area contributed by atoms with E-state index in [0.717, 1.165) is 0 Å². The van der Waals surface area contributed by atoms with E-state index in [9.17, 15) is 9.18 Å². The molecule has 1 amide bonds. The maximum atomic E-state index is 13.4. The van der Waals surface area contributed by atoms with Crippen LogP contribution in [0, 0.1) is 11.2 Å². The van der Waals surface area contributed by atoms with Crippen LogP contribution in [0.2, 0.25) is 0 Å². The number of rotatable bonds is 6. The maximum absolute atomic E-state index is 13.4. The molecule has 0 spiro atoms. The second-order valence-electron chi connectivity index (χ2n) is 5.19. The van der Waals surface area contributed by atoms with Gasteiger partial charge >= 0.3 is 0 Å². The molecule has 0 aromatic heterocycles. The Bertz CT molecular complexity index is 529. The molecular formula is C13H19FN4O2. The molecule has 6 N–H and O–H groups in total. The van der Waals surface area contributed by atoms with E-state index in [0.29, 0.717) is 24.2 Å². The third-order valence-corrected chi connectivity index (χ3v) is 2.92. The highest BCUT2D eigenvalue weighted by atomic mass is 19.1. The summed E-state index contributed by atoms with van der Waals surface area (Å²) in [6.07, 6.45) is 0. The number of carbonyl (C=O) groups excluding carboxylic acids is 1. The van der Waals surface area contributed by atoms with E-state index in [1.54, 1.807) is 19.9 Å². The van der Waals surface area contributed by atoms with Crippen LogP contribution in [0.15, 0.2) is 23.4 Å². The molecule has 0 aliphatic carbocycles. The zero-order chi connectivity index (χ0) is 15.3. The minimum Gasteiger partial charge on any atom is -0.409 e. The fraction of sp³-hybridized carbons (Fsp3) is 0.385. The summed E-state index contributed by atoms with van der Waals surface area (Å²) in [5, 5.41) is 14.4. The molecule has 0 radical (unpaired) electrons. The van der Waals surface area contributed by atoms with Crippen molar-refractivity contribution in [2.24, 2.45) is 22.0 Å². The molecule has 0 unspecified atom stereocenters. The lowest BCUT2D eigenvalue weighted by molar-refractivity contribution is -0.125. The third kappa shape index (κ3) is 4.20. The third-order valence-electron chi connectivity index (χ3n) is 2.92. The summed E-state index contributed by atoms with van der Waals surface area (Å²) in [5.41, 5.74) is 10.9. The van der Waals surface area contributed by atoms with Crippen LogP contribution in [-0.2, 0) is 11.3 Å². The number of nitrogens with zero attached hydrogens (tertiary/aromatic N) is 1. The van der Waals surface area contributed by atoms with Gasteiger partial charge in [0.25, 0.3) is 0 Å². The van der Waals surface area contributed by atoms with Crippen LogP contribution in [0.3, 0.4) is 0 Å². The highest BCUT2D eigenvalue weighted by Crippen LogP contribution is 2.13. The number of oxime groups is 1. The van der Waals surface area contributed by atoms with Crippen molar-refractivity contribution in [2.45, 2.75) is 20.4 Å². The number of benzene rings is 1. The lowest BCUT2D eigenvalue weighted by Crippen LogP contribution is -2.40. The zero-order valence-electron chi connectivity index (χ0n) is 11.5. The van der Waals surface area contributed by atoms with Crippen molar-refractivity contribution in [1.82, 2.24) is 5.32 Å². The van der Waals surface area contributed by atoms with E-state index in [-0.39, 0.29) is 5.84 Å². The molecule has 0 fully saturated rings. The maximum Gasteiger partial charge on any atom is 0.224 e. The first-order chi connectivity index (χ1) is 9.26. The molecule has 1 rings (SSSR count). The number of nitrogens with two attached hydrogens (primary N) is 2. The van der Waals surface area contributed by atoms with Gasteiger partial charge in [0.05, 0.1) is 5.41 Å². The Hall–Kier alpha value is -2.15. The Labute approximate surface area is 116 Å². The minimum atomic E-state index is -0.693. The molecule has 0 saturated heterocycles. The summed E-state index contributed by atoms with van der Waals surface area (Å²) in [6.45, 7) is 4.13. The number of amidine groups is 1. The number of primary amides is 1. The van der Waals surface area contributed by atoms with E-state index in [1.807, 2.05) is 0 Å². The molecule has 0 bridgehead atoms. The largest absolute Gasteiger partial charge is 0.409 e. The van der Waals surface area contributed by atoms with Crippen LogP contribution in [0.4, 0.5) is 4.39 Å². The van der Waals surface area contributed by atoms with Crippen LogP contribution in [0.25, 0.3) is 0 Å². The Balaban J connectivity index is 2.74. The number of nitrogens with one attached hydrogen (secondary N) is 1. The van der Waals surface area contributed by atoms with Crippen LogP contribution in [0.1, 0.15) is 25.0 Å². The standard InChI is InChI=1S/C13H19FN4O2/c1-13(2,12(16)19)7-17-6-8-3-9(11(15)18-20)5-10(14)4-8/h3-5,17,20H,6-7H2,1-2H3,(H2,15,18)(H2,16,19). The average Bonchev–Trinajstić information content (AvgIpc) is 2.36. The topological polar surface area (TPSA) is 114 Å². The number of amides is 1. The Morgan fingerprint density at radius 3 is 2.60 bits per heavy atom. The van der Waals surface area contributed by atoms with Crippen LogP contribution in [-0.4, -0.2) is 23.5 Å². The van der Waals surface area contributed by atoms with Gasteiger partial charge in [0.2, 0.25) is 5.91 Å². The van der Waals surface area contributed by atoms with Gasteiger partial charge in [0.15, 0.2) is 5.84 Å².